The van der Waals surface area contributed by atoms with Gasteiger partial charge in [-0.2, -0.15) is 0 Å². The van der Waals surface area contributed by atoms with Gasteiger partial charge in [-0.15, -0.1) is 10.2 Å². The number of benzene rings is 1. The highest BCUT2D eigenvalue weighted by atomic mass is 35.5. The molecule has 0 bridgehead atoms. The molecule has 0 amide bonds. The number of nitrogens with zero attached hydrogens (tertiary/aromatic N) is 4. The van der Waals surface area contributed by atoms with Crippen LogP contribution >= 0.6 is 11.6 Å². The van der Waals surface area contributed by atoms with Crippen LogP contribution in [0.5, 0.6) is 5.75 Å². The Kier molecular flexibility index (Phi) is 6.96. The van der Waals surface area contributed by atoms with Gasteiger partial charge in [0.2, 0.25) is 0 Å². The number of hydrogen-bond acceptors (Lipinski definition) is 7. The zero-order valence-corrected chi connectivity index (χ0v) is 17.0. The molecule has 158 valence electrons. The smallest absolute Gasteiger partial charge is 0.290 e. The summed E-state index contributed by atoms with van der Waals surface area (Å²) in [5.41, 5.74) is 0.173. The number of carboxylic acid groups (broad SMARTS) is 1. The molecule has 1 atom stereocenters. The molecule has 1 aliphatic rings. The van der Waals surface area contributed by atoms with Gasteiger partial charge in [-0.25, -0.2) is 4.39 Å². The first kappa shape index (κ1) is 21.7. The fourth-order valence-electron chi connectivity index (χ4n) is 3.53. The van der Waals surface area contributed by atoms with E-state index in [1.165, 1.54) is 12.1 Å². The van der Waals surface area contributed by atoms with Crippen LogP contribution in [0.25, 0.3) is 22.0 Å². The predicted molar refractivity (Wildman–Crippen MR) is 112 cm³/mol. The molecular formula is C20H21ClFN5O3. The molecule has 30 heavy (non-hydrogen) atoms. The average Bonchev–Trinajstić information content (AvgIpc) is 2.73. The van der Waals surface area contributed by atoms with Crippen LogP contribution in [-0.4, -0.2) is 62.9 Å². The van der Waals surface area contributed by atoms with Gasteiger partial charge in [0.1, 0.15) is 17.3 Å². The highest BCUT2D eigenvalue weighted by Crippen LogP contribution is 2.39. The molecule has 1 aromatic carbocycles. The van der Waals surface area contributed by atoms with Crippen molar-refractivity contribution in [1.82, 2.24) is 20.1 Å². The molecule has 2 aromatic heterocycles. The Hall–Kier alpha value is -3.04. The second-order valence-electron chi connectivity index (χ2n) is 6.92. The second kappa shape index (κ2) is 9.64. The zero-order chi connectivity index (χ0) is 21.7. The van der Waals surface area contributed by atoms with Crippen molar-refractivity contribution in [2.24, 2.45) is 0 Å². The SMILES string of the molecule is CN1CCC[C@@H](Nc2nnc(-c3c(F)ccc(Cl)c3O)c3ccncc23)C1.O=CO. The van der Waals surface area contributed by atoms with Crippen molar-refractivity contribution in [3.63, 3.8) is 0 Å². The standard InChI is InChI=1S/C19H19ClFN5O.CH2O2/c1-26-8-2-3-11(10-26)23-19-13-9-22-7-6-12(13)17(24-25-19)16-15(21)5-4-14(20)18(16)27;2-1-3/h4-7,9,11,27H,2-3,8,10H2,1H3,(H,23,25);1H,(H,2,3)/t11-;/m1./s1. The summed E-state index contributed by atoms with van der Waals surface area (Å²) in [5, 5.41) is 30.5. The molecule has 3 heterocycles. The molecule has 0 radical (unpaired) electrons. The van der Waals surface area contributed by atoms with Crippen molar-refractivity contribution >= 4 is 34.7 Å². The summed E-state index contributed by atoms with van der Waals surface area (Å²) >= 11 is 5.97. The van der Waals surface area contributed by atoms with E-state index in [4.69, 9.17) is 21.5 Å². The van der Waals surface area contributed by atoms with Crippen LogP contribution in [0.3, 0.4) is 0 Å². The molecule has 0 unspecified atom stereocenters. The van der Waals surface area contributed by atoms with E-state index in [-0.39, 0.29) is 34.5 Å². The van der Waals surface area contributed by atoms with Crippen LogP contribution in [0, 0.1) is 5.82 Å². The average molecular weight is 434 g/mol. The molecule has 1 saturated heterocycles. The maximum Gasteiger partial charge on any atom is 0.290 e. The first-order valence-corrected chi connectivity index (χ1v) is 9.64. The quantitative estimate of drug-likeness (QED) is 0.539. The topological polar surface area (TPSA) is 111 Å². The number of pyridine rings is 1. The number of nitrogens with one attached hydrogen (secondary N) is 1. The lowest BCUT2D eigenvalue weighted by Gasteiger charge is -2.30. The first-order chi connectivity index (χ1) is 14.5. The third kappa shape index (κ3) is 4.58. The van der Waals surface area contributed by atoms with Gasteiger partial charge in [0, 0.05) is 35.8 Å². The van der Waals surface area contributed by atoms with E-state index in [9.17, 15) is 9.50 Å². The van der Waals surface area contributed by atoms with Gasteiger partial charge in [-0.05, 0) is 44.6 Å². The summed E-state index contributed by atoms with van der Waals surface area (Å²) < 4.78 is 14.4. The fraction of sp³-hybridized carbons (Fsp3) is 0.300. The summed E-state index contributed by atoms with van der Waals surface area (Å²) in [7, 11) is 2.09. The lowest BCUT2D eigenvalue weighted by molar-refractivity contribution is -0.122. The van der Waals surface area contributed by atoms with Crippen LogP contribution in [0.1, 0.15) is 12.8 Å². The van der Waals surface area contributed by atoms with E-state index in [2.05, 4.69) is 32.4 Å². The molecule has 3 N–H and O–H groups in total. The minimum Gasteiger partial charge on any atom is -0.506 e. The van der Waals surface area contributed by atoms with Gasteiger partial charge >= 0.3 is 0 Å². The lowest BCUT2D eigenvalue weighted by atomic mass is 10.0. The minimum atomic E-state index is -0.612. The number of phenolic OH excluding ortho intramolecular Hbond substituents is 1. The van der Waals surface area contributed by atoms with Crippen LogP contribution in [0.2, 0.25) is 5.02 Å². The zero-order valence-electron chi connectivity index (χ0n) is 16.2. The Bertz CT molecular complexity index is 1050. The normalized spacial score (nSPS) is 16.6. The predicted octanol–water partition coefficient (Wildman–Crippen LogP) is 3.40. The molecule has 0 saturated carbocycles. The van der Waals surface area contributed by atoms with Crippen molar-refractivity contribution in [2.75, 3.05) is 25.5 Å². The molecule has 1 aliphatic heterocycles. The number of fused-ring (bicyclic) bond motifs is 1. The number of piperidine rings is 1. The maximum atomic E-state index is 14.4. The molecule has 0 spiro atoms. The minimum absolute atomic E-state index is 0.0582. The Morgan fingerprint density at radius 3 is 2.80 bits per heavy atom. The monoisotopic (exact) mass is 433 g/mol. The number of likely N-dealkylation sites (N-methyl/N-ethyl adjacent to an activating group) is 1. The largest absolute Gasteiger partial charge is 0.506 e. The Balaban J connectivity index is 0.000000806. The summed E-state index contributed by atoms with van der Waals surface area (Å²) in [5.74, 6) is -0.360. The Morgan fingerprint density at radius 2 is 2.07 bits per heavy atom. The third-order valence-electron chi connectivity index (χ3n) is 4.86. The lowest BCUT2D eigenvalue weighted by Crippen LogP contribution is -2.40. The Labute approximate surface area is 177 Å². The molecule has 10 heteroatoms. The van der Waals surface area contributed by atoms with Crippen LogP contribution in [-0.2, 0) is 4.79 Å². The van der Waals surface area contributed by atoms with Gasteiger partial charge in [-0.1, -0.05) is 11.6 Å². The van der Waals surface area contributed by atoms with E-state index >= 15 is 0 Å². The van der Waals surface area contributed by atoms with Gasteiger partial charge in [0.15, 0.2) is 5.82 Å². The van der Waals surface area contributed by atoms with Crippen LogP contribution in [0.4, 0.5) is 10.2 Å². The van der Waals surface area contributed by atoms with Gasteiger partial charge < -0.3 is 20.4 Å². The number of likely N-dealkylation sites (tertiary alicyclic amines) is 1. The van der Waals surface area contributed by atoms with Crippen LogP contribution in [0.15, 0.2) is 30.6 Å². The van der Waals surface area contributed by atoms with E-state index in [1.807, 2.05) is 0 Å². The number of carbonyl (C=O) groups is 1. The van der Waals surface area contributed by atoms with Crippen molar-refractivity contribution in [3.8, 4) is 17.0 Å². The highest BCUT2D eigenvalue weighted by molar-refractivity contribution is 6.32. The fourth-order valence-corrected chi connectivity index (χ4v) is 3.69. The number of phenols is 1. The first-order valence-electron chi connectivity index (χ1n) is 9.27. The molecular weight excluding hydrogens is 413 g/mol. The van der Waals surface area contributed by atoms with Gasteiger partial charge in [0.25, 0.3) is 6.47 Å². The van der Waals surface area contributed by atoms with Crippen molar-refractivity contribution < 1.29 is 19.4 Å². The van der Waals surface area contributed by atoms with Crippen molar-refractivity contribution in [2.45, 2.75) is 18.9 Å². The highest BCUT2D eigenvalue weighted by Gasteiger charge is 2.22. The van der Waals surface area contributed by atoms with E-state index in [1.54, 1.807) is 18.5 Å². The van der Waals surface area contributed by atoms with E-state index in [0.29, 0.717) is 11.2 Å². The van der Waals surface area contributed by atoms with Gasteiger partial charge in [0.05, 0.1) is 10.6 Å². The molecule has 1 fully saturated rings. The Morgan fingerprint density at radius 1 is 1.30 bits per heavy atom. The van der Waals surface area contributed by atoms with Gasteiger partial charge in [-0.3, -0.25) is 9.78 Å². The second-order valence-corrected chi connectivity index (χ2v) is 7.33. The third-order valence-corrected chi connectivity index (χ3v) is 5.17. The van der Waals surface area contributed by atoms with Crippen LogP contribution < -0.4 is 5.32 Å². The van der Waals surface area contributed by atoms with E-state index < -0.39 is 5.82 Å². The summed E-state index contributed by atoms with van der Waals surface area (Å²) in [6.07, 6.45) is 5.42. The number of aromatic nitrogens is 3. The number of anilines is 1. The molecule has 8 nitrogen and oxygen atoms in total. The number of hydrogen-bond donors (Lipinski definition) is 3. The van der Waals surface area contributed by atoms with E-state index in [0.717, 1.165) is 31.3 Å². The summed E-state index contributed by atoms with van der Waals surface area (Å²) in [4.78, 5) is 14.8. The number of halogens is 2. The van der Waals surface area contributed by atoms with Crippen molar-refractivity contribution in [3.05, 3.63) is 41.4 Å². The maximum absolute atomic E-state index is 14.4. The summed E-state index contributed by atoms with van der Waals surface area (Å²) in [6.45, 7) is 1.74. The summed E-state index contributed by atoms with van der Waals surface area (Å²) in [6, 6.07) is 4.50. The molecule has 4 rings (SSSR count). The van der Waals surface area contributed by atoms with Crippen molar-refractivity contribution in [1.29, 1.82) is 0 Å². The number of aromatic hydroxyl groups is 1. The molecule has 0 aliphatic carbocycles. The number of rotatable bonds is 3. The molecule has 3 aromatic rings.